The number of hydrogen-bond acceptors (Lipinski definition) is 4. The Morgan fingerprint density at radius 1 is 1.30 bits per heavy atom. The van der Waals surface area contributed by atoms with Crippen LogP contribution in [0.25, 0.3) is 0 Å². The Balaban J connectivity index is 3.08. The van der Waals surface area contributed by atoms with E-state index in [4.69, 9.17) is 4.74 Å². The molecule has 0 saturated carbocycles. The van der Waals surface area contributed by atoms with Gasteiger partial charge >= 0.3 is 5.97 Å². The summed E-state index contributed by atoms with van der Waals surface area (Å²) in [4.78, 5) is 12.0. The SMILES string of the molecule is CCS(=O)(=O)N(C)c1ccccc1C(=O)OCC(C)C. The van der Waals surface area contributed by atoms with Gasteiger partial charge in [-0.2, -0.15) is 0 Å². The second-order valence-corrected chi connectivity index (χ2v) is 7.17. The lowest BCUT2D eigenvalue weighted by atomic mass is 10.2. The molecule has 0 atom stereocenters. The Labute approximate surface area is 120 Å². The molecule has 20 heavy (non-hydrogen) atoms. The predicted octanol–water partition coefficient (Wildman–Crippen LogP) is 2.29. The minimum absolute atomic E-state index is 0.0289. The molecule has 0 saturated heterocycles. The summed E-state index contributed by atoms with van der Waals surface area (Å²) >= 11 is 0. The second-order valence-electron chi connectivity index (χ2n) is 4.88. The molecule has 0 N–H and O–H groups in total. The summed E-state index contributed by atoms with van der Waals surface area (Å²) in [6.07, 6.45) is 0. The number of hydrogen-bond donors (Lipinski definition) is 0. The van der Waals surface area contributed by atoms with Gasteiger partial charge in [-0.1, -0.05) is 26.0 Å². The summed E-state index contributed by atoms with van der Waals surface area (Å²) in [7, 11) is -1.98. The van der Waals surface area contributed by atoms with Gasteiger partial charge in [0, 0.05) is 7.05 Å². The number of esters is 1. The van der Waals surface area contributed by atoms with E-state index in [1.165, 1.54) is 7.05 Å². The van der Waals surface area contributed by atoms with Crippen LogP contribution in [0, 0.1) is 5.92 Å². The molecule has 0 fully saturated rings. The predicted molar refractivity (Wildman–Crippen MR) is 79.4 cm³/mol. The minimum Gasteiger partial charge on any atom is -0.462 e. The Morgan fingerprint density at radius 3 is 2.45 bits per heavy atom. The quantitative estimate of drug-likeness (QED) is 0.756. The van der Waals surface area contributed by atoms with Gasteiger partial charge < -0.3 is 4.74 Å². The van der Waals surface area contributed by atoms with Gasteiger partial charge in [-0.15, -0.1) is 0 Å². The fourth-order valence-electron chi connectivity index (χ4n) is 1.58. The summed E-state index contributed by atoms with van der Waals surface area (Å²) in [5.41, 5.74) is 0.593. The first kappa shape index (κ1) is 16.5. The monoisotopic (exact) mass is 299 g/mol. The number of benzene rings is 1. The first-order valence-corrected chi connectivity index (χ1v) is 8.13. The van der Waals surface area contributed by atoms with Crippen LogP contribution in [0.1, 0.15) is 31.1 Å². The van der Waals surface area contributed by atoms with Crippen molar-refractivity contribution in [3.05, 3.63) is 29.8 Å². The maximum Gasteiger partial charge on any atom is 0.340 e. The first-order chi connectivity index (χ1) is 9.29. The van der Waals surface area contributed by atoms with Gasteiger partial charge in [-0.05, 0) is 25.0 Å². The molecule has 0 spiro atoms. The second kappa shape index (κ2) is 6.74. The molecule has 0 amide bonds. The number of rotatable bonds is 6. The van der Waals surface area contributed by atoms with E-state index in [9.17, 15) is 13.2 Å². The number of para-hydroxylation sites is 1. The highest BCUT2D eigenvalue weighted by molar-refractivity contribution is 7.92. The van der Waals surface area contributed by atoms with Crippen molar-refractivity contribution in [3.63, 3.8) is 0 Å². The van der Waals surface area contributed by atoms with Crippen molar-refractivity contribution in [2.24, 2.45) is 5.92 Å². The number of anilines is 1. The Hall–Kier alpha value is -1.56. The maximum absolute atomic E-state index is 12.0. The van der Waals surface area contributed by atoms with Crippen LogP contribution in [0.3, 0.4) is 0 Å². The van der Waals surface area contributed by atoms with Crippen LogP contribution in [0.5, 0.6) is 0 Å². The number of nitrogens with zero attached hydrogens (tertiary/aromatic N) is 1. The molecule has 6 heteroatoms. The largest absolute Gasteiger partial charge is 0.462 e. The highest BCUT2D eigenvalue weighted by Crippen LogP contribution is 2.23. The molecule has 1 aromatic carbocycles. The van der Waals surface area contributed by atoms with Crippen LogP contribution >= 0.6 is 0 Å². The lowest BCUT2D eigenvalue weighted by molar-refractivity contribution is 0.0460. The van der Waals surface area contributed by atoms with E-state index in [0.29, 0.717) is 12.3 Å². The van der Waals surface area contributed by atoms with E-state index in [1.807, 2.05) is 13.8 Å². The van der Waals surface area contributed by atoms with Gasteiger partial charge in [-0.3, -0.25) is 4.31 Å². The molecule has 0 bridgehead atoms. The van der Waals surface area contributed by atoms with Gasteiger partial charge in [-0.25, -0.2) is 13.2 Å². The maximum atomic E-state index is 12.0. The zero-order chi connectivity index (χ0) is 15.3. The van der Waals surface area contributed by atoms with Crippen molar-refractivity contribution < 1.29 is 17.9 Å². The summed E-state index contributed by atoms with van der Waals surface area (Å²) in [6, 6.07) is 6.54. The fraction of sp³-hybridized carbons (Fsp3) is 0.500. The first-order valence-electron chi connectivity index (χ1n) is 6.52. The smallest absolute Gasteiger partial charge is 0.340 e. The van der Waals surface area contributed by atoms with Crippen LogP contribution in [0.4, 0.5) is 5.69 Å². The van der Waals surface area contributed by atoms with Crippen molar-refractivity contribution in [2.75, 3.05) is 23.7 Å². The zero-order valence-electron chi connectivity index (χ0n) is 12.3. The van der Waals surface area contributed by atoms with E-state index in [-0.39, 0.29) is 17.2 Å². The average Bonchev–Trinajstić information content (AvgIpc) is 2.43. The summed E-state index contributed by atoms with van der Waals surface area (Å²) < 4.78 is 30.1. The number of sulfonamides is 1. The molecular weight excluding hydrogens is 278 g/mol. The van der Waals surface area contributed by atoms with Crippen molar-refractivity contribution >= 4 is 21.7 Å². The van der Waals surface area contributed by atoms with E-state index < -0.39 is 16.0 Å². The van der Waals surface area contributed by atoms with Crippen molar-refractivity contribution in [3.8, 4) is 0 Å². The van der Waals surface area contributed by atoms with Crippen molar-refractivity contribution in [2.45, 2.75) is 20.8 Å². The van der Waals surface area contributed by atoms with Gasteiger partial charge in [0.2, 0.25) is 10.0 Å². The van der Waals surface area contributed by atoms with Gasteiger partial charge in [0.05, 0.1) is 23.6 Å². The van der Waals surface area contributed by atoms with E-state index in [0.717, 1.165) is 4.31 Å². The molecule has 1 rings (SSSR count). The van der Waals surface area contributed by atoms with Crippen molar-refractivity contribution in [1.82, 2.24) is 0 Å². The highest BCUT2D eigenvalue weighted by atomic mass is 32.2. The molecule has 0 aliphatic heterocycles. The fourth-order valence-corrected chi connectivity index (χ4v) is 2.43. The van der Waals surface area contributed by atoms with Crippen molar-refractivity contribution in [1.29, 1.82) is 0 Å². The third-order valence-corrected chi connectivity index (χ3v) is 4.55. The standard InChI is InChI=1S/C14H21NO4S/c1-5-20(17,18)15(4)13-9-7-6-8-12(13)14(16)19-10-11(2)3/h6-9,11H,5,10H2,1-4H3. The van der Waals surface area contributed by atoms with Gasteiger partial charge in [0.15, 0.2) is 0 Å². The normalized spacial score (nSPS) is 11.4. The van der Waals surface area contributed by atoms with Crippen LogP contribution in [-0.2, 0) is 14.8 Å². The Morgan fingerprint density at radius 2 is 1.90 bits per heavy atom. The topological polar surface area (TPSA) is 63.7 Å². The van der Waals surface area contributed by atoms with Crippen LogP contribution in [-0.4, -0.2) is 33.8 Å². The average molecular weight is 299 g/mol. The summed E-state index contributed by atoms with van der Waals surface area (Å²) in [5.74, 6) is -0.311. The summed E-state index contributed by atoms with van der Waals surface area (Å²) in [5, 5.41) is 0. The van der Waals surface area contributed by atoms with Crippen LogP contribution in [0.2, 0.25) is 0 Å². The number of carbonyl (C=O) groups excluding carboxylic acids is 1. The Kier molecular flexibility index (Phi) is 5.56. The molecule has 0 aromatic heterocycles. The van der Waals surface area contributed by atoms with Crippen LogP contribution in [0.15, 0.2) is 24.3 Å². The molecule has 0 heterocycles. The lowest BCUT2D eigenvalue weighted by Crippen LogP contribution is -2.29. The Bertz CT molecular complexity index is 566. The van der Waals surface area contributed by atoms with Gasteiger partial charge in [0.25, 0.3) is 0 Å². The molecular formula is C14H21NO4S. The molecule has 0 aliphatic rings. The molecule has 1 aromatic rings. The molecule has 5 nitrogen and oxygen atoms in total. The van der Waals surface area contributed by atoms with E-state index in [2.05, 4.69) is 0 Å². The third-order valence-electron chi connectivity index (χ3n) is 2.79. The molecule has 112 valence electrons. The molecule has 0 unspecified atom stereocenters. The van der Waals surface area contributed by atoms with Gasteiger partial charge in [0.1, 0.15) is 0 Å². The summed E-state index contributed by atoms with van der Waals surface area (Å²) in [6.45, 7) is 5.74. The van der Waals surface area contributed by atoms with E-state index >= 15 is 0 Å². The molecule has 0 aliphatic carbocycles. The minimum atomic E-state index is -3.41. The van der Waals surface area contributed by atoms with Crippen LogP contribution < -0.4 is 4.31 Å². The number of carbonyl (C=O) groups is 1. The highest BCUT2D eigenvalue weighted by Gasteiger charge is 2.22. The zero-order valence-corrected chi connectivity index (χ0v) is 13.1. The third kappa shape index (κ3) is 3.96. The van der Waals surface area contributed by atoms with E-state index in [1.54, 1.807) is 31.2 Å². The molecule has 0 radical (unpaired) electrons. The lowest BCUT2D eigenvalue weighted by Gasteiger charge is -2.21. The number of ether oxygens (including phenoxy) is 1.